The third-order valence-corrected chi connectivity index (χ3v) is 5.95. The molecular weight excluding hydrogens is 490 g/mol. The monoisotopic (exact) mass is 529 g/mol. The van der Waals surface area contributed by atoms with E-state index in [9.17, 15) is 9.59 Å². The highest BCUT2D eigenvalue weighted by Gasteiger charge is 2.28. The van der Waals surface area contributed by atoms with Crippen LogP contribution < -0.4 is 5.32 Å². The number of hydrogen-bond acceptors (Lipinski definition) is 8. The number of nitrogens with one attached hydrogen (secondary N) is 1. The maximum absolute atomic E-state index is 12.2. The van der Waals surface area contributed by atoms with Crippen molar-refractivity contribution in [2.45, 2.75) is 25.7 Å². The number of ether oxygens (including phenoxy) is 6. The van der Waals surface area contributed by atoms with E-state index in [2.05, 4.69) is 29.6 Å². The molecule has 2 aromatic rings. The second-order valence-electron chi connectivity index (χ2n) is 8.61. The molecule has 2 aromatic carbocycles. The molecule has 0 aliphatic heterocycles. The van der Waals surface area contributed by atoms with E-state index in [1.807, 2.05) is 24.3 Å². The summed E-state index contributed by atoms with van der Waals surface area (Å²) < 4.78 is 32.0. The van der Waals surface area contributed by atoms with E-state index >= 15 is 0 Å². The number of carbonyl (C=O) groups excluding carboxylic acids is 2. The SMILES string of the molecule is CCOC(=O)CCOCCOCCOCCOCCCNC(=O)OCC1c2ccccc2-c2ccccc21. The van der Waals surface area contributed by atoms with Gasteiger partial charge in [-0.2, -0.15) is 0 Å². The van der Waals surface area contributed by atoms with Crippen molar-refractivity contribution < 1.29 is 38.0 Å². The Kier molecular flexibility index (Phi) is 13.6. The van der Waals surface area contributed by atoms with Crippen LogP contribution in [0.25, 0.3) is 11.1 Å². The second-order valence-corrected chi connectivity index (χ2v) is 8.61. The van der Waals surface area contributed by atoms with Gasteiger partial charge in [0, 0.05) is 19.1 Å². The Morgan fingerprint density at radius 3 is 1.82 bits per heavy atom. The molecule has 1 N–H and O–H groups in total. The summed E-state index contributed by atoms with van der Waals surface area (Å²) in [6.45, 7) is 6.54. The van der Waals surface area contributed by atoms with Crippen molar-refractivity contribution in [3.8, 4) is 11.1 Å². The molecule has 0 saturated heterocycles. The van der Waals surface area contributed by atoms with Crippen molar-refractivity contribution in [1.29, 1.82) is 0 Å². The molecule has 0 saturated carbocycles. The van der Waals surface area contributed by atoms with Crippen molar-refractivity contribution in [1.82, 2.24) is 5.32 Å². The van der Waals surface area contributed by atoms with E-state index in [1.165, 1.54) is 22.3 Å². The van der Waals surface area contributed by atoms with E-state index in [0.717, 1.165) is 0 Å². The average Bonchev–Trinajstić information content (AvgIpc) is 3.25. The second kappa shape index (κ2) is 17.5. The summed E-state index contributed by atoms with van der Waals surface area (Å²) in [6, 6.07) is 16.5. The van der Waals surface area contributed by atoms with Gasteiger partial charge in [0.05, 0.1) is 59.3 Å². The highest BCUT2D eigenvalue weighted by atomic mass is 16.6. The molecule has 0 aromatic heterocycles. The number of amides is 1. The van der Waals surface area contributed by atoms with Gasteiger partial charge in [-0.3, -0.25) is 4.79 Å². The lowest BCUT2D eigenvalue weighted by molar-refractivity contribution is -0.144. The lowest BCUT2D eigenvalue weighted by Gasteiger charge is -2.14. The van der Waals surface area contributed by atoms with Crippen molar-refractivity contribution >= 4 is 12.1 Å². The average molecular weight is 530 g/mol. The largest absolute Gasteiger partial charge is 0.466 e. The Balaban J connectivity index is 1.12. The first-order valence-corrected chi connectivity index (χ1v) is 13.3. The molecule has 0 bridgehead atoms. The van der Waals surface area contributed by atoms with E-state index in [-0.39, 0.29) is 18.3 Å². The number of benzene rings is 2. The number of alkyl carbamates (subject to hydrolysis) is 1. The third kappa shape index (κ3) is 10.1. The summed E-state index contributed by atoms with van der Waals surface area (Å²) in [6.07, 6.45) is 0.519. The Bertz CT molecular complexity index is 937. The zero-order valence-electron chi connectivity index (χ0n) is 22.2. The van der Waals surface area contributed by atoms with Gasteiger partial charge < -0.3 is 33.7 Å². The van der Waals surface area contributed by atoms with Crippen LogP contribution >= 0.6 is 0 Å². The fourth-order valence-electron chi connectivity index (χ4n) is 4.16. The minimum atomic E-state index is -0.417. The molecule has 9 heteroatoms. The molecule has 208 valence electrons. The van der Waals surface area contributed by atoms with Gasteiger partial charge in [0.1, 0.15) is 6.61 Å². The highest BCUT2D eigenvalue weighted by Crippen LogP contribution is 2.44. The first-order chi connectivity index (χ1) is 18.7. The smallest absolute Gasteiger partial charge is 0.407 e. The molecule has 0 fully saturated rings. The van der Waals surface area contributed by atoms with Gasteiger partial charge in [0.15, 0.2) is 0 Å². The highest BCUT2D eigenvalue weighted by molar-refractivity contribution is 5.79. The number of fused-ring (bicyclic) bond motifs is 3. The molecule has 1 aliphatic rings. The topological polar surface area (TPSA) is 102 Å². The quantitative estimate of drug-likeness (QED) is 0.216. The summed E-state index contributed by atoms with van der Waals surface area (Å²) in [5, 5.41) is 2.79. The first kappa shape index (κ1) is 29.6. The van der Waals surface area contributed by atoms with Crippen molar-refractivity contribution in [2.24, 2.45) is 0 Å². The van der Waals surface area contributed by atoms with E-state index < -0.39 is 6.09 Å². The lowest BCUT2D eigenvalue weighted by Crippen LogP contribution is -2.27. The van der Waals surface area contributed by atoms with Gasteiger partial charge in [-0.05, 0) is 35.6 Å². The van der Waals surface area contributed by atoms with Crippen molar-refractivity contribution in [3.05, 3.63) is 59.7 Å². The van der Waals surface area contributed by atoms with Crippen LogP contribution in [0.5, 0.6) is 0 Å². The summed E-state index contributed by atoms with van der Waals surface area (Å²) in [5.41, 5.74) is 4.81. The van der Waals surface area contributed by atoms with Crippen LogP contribution in [0.2, 0.25) is 0 Å². The Labute approximate surface area is 224 Å². The van der Waals surface area contributed by atoms with Gasteiger partial charge >= 0.3 is 12.1 Å². The molecule has 0 radical (unpaired) electrons. The molecule has 1 aliphatic carbocycles. The number of rotatable bonds is 19. The summed E-state index contributed by atoms with van der Waals surface area (Å²) >= 11 is 0. The minimum absolute atomic E-state index is 0.0537. The summed E-state index contributed by atoms with van der Waals surface area (Å²) in [5.74, 6) is -0.200. The molecule has 0 unspecified atom stereocenters. The van der Waals surface area contributed by atoms with Crippen LogP contribution in [-0.4, -0.2) is 84.7 Å². The van der Waals surface area contributed by atoms with Crippen LogP contribution in [0, 0.1) is 0 Å². The molecule has 0 spiro atoms. The Hall–Kier alpha value is -2.98. The molecule has 1 amide bonds. The maximum atomic E-state index is 12.2. The fraction of sp³-hybridized carbons (Fsp3) is 0.517. The maximum Gasteiger partial charge on any atom is 0.407 e. The Morgan fingerprint density at radius 1 is 0.711 bits per heavy atom. The van der Waals surface area contributed by atoms with E-state index in [4.69, 9.17) is 28.4 Å². The van der Waals surface area contributed by atoms with Crippen molar-refractivity contribution in [3.63, 3.8) is 0 Å². The molecule has 0 heterocycles. The number of carbonyl (C=O) groups is 2. The predicted molar refractivity (Wildman–Crippen MR) is 142 cm³/mol. The molecule has 3 rings (SSSR count). The molecule has 0 atom stereocenters. The number of esters is 1. The van der Waals surface area contributed by atoms with Gasteiger partial charge in [0.25, 0.3) is 0 Å². The van der Waals surface area contributed by atoms with Gasteiger partial charge in [-0.15, -0.1) is 0 Å². The van der Waals surface area contributed by atoms with Crippen LogP contribution in [0.4, 0.5) is 4.79 Å². The zero-order valence-corrected chi connectivity index (χ0v) is 22.2. The molecular formula is C29H39NO8. The van der Waals surface area contributed by atoms with Crippen LogP contribution in [-0.2, 0) is 33.2 Å². The predicted octanol–water partition coefficient (Wildman–Crippen LogP) is 3.93. The van der Waals surface area contributed by atoms with Gasteiger partial charge in [-0.1, -0.05) is 48.5 Å². The first-order valence-electron chi connectivity index (χ1n) is 13.3. The number of hydrogen-bond donors (Lipinski definition) is 1. The fourth-order valence-corrected chi connectivity index (χ4v) is 4.16. The summed E-state index contributed by atoms with van der Waals surface area (Å²) in [7, 11) is 0. The van der Waals surface area contributed by atoms with Crippen LogP contribution in [0.15, 0.2) is 48.5 Å². The zero-order chi connectivity index (χ0) is 26.8. The van der Waals surface area contributed by atoms with Crippen LogP contribution in [0.1, 0.15) is 36.8 Å². The normalized spacial score (nSPS) is 12.1. The van der Waals surface area contributed by atoms with E-state index in [1.54, 1.807) is 6.92 Å². The van der Waals surface area contributed by atoms with Gasteiger partial charge in [-0.25, -0.2) is 4.79 Å². The van der Waals surface area contributed by atoms with Gasteiger partial charge in [0.2, 0.25) is 0 Å². The molecule has 9 nitrogen and oxygen atoms in total. The minimum Gasteiger partial charge on any atom is -0.466 e. The Morgan fingerprint density at radius 2 is 1.24 bits per heavy atom. The van der Waals surface area contributed by atoms with Crippen LogP contribution in [0.3, 0.4) is 0 Å². The van der Waals surface area contributed by atoms with Crippen molar-refractivity contribution in [2.75, 3.05) is 72.6 Å². The third-order valence-electron chi connectivity index (χ3n) is 5.95. The summed E-state index contributed by atoms with van der Waals surface area (Å²) in [4.78, 5) is 23.3. The standard InChI is InChI=1S/C29H39NO8/c1-2-37-28(31)12-15-34-17-19-36-21-20-35-18-16-33-14-7-13-30-29(32)38-22-27-25-10-5-3-8-23(25)24-9-4-6-11-26(24)27/h3-6,8-11,27H,2,7,12-22H2,1H3,(H,30,32). The lowest BCUT2D eigenvalue weighted by atomic mass is 9.98. The van der Waals surface area contributed by atoms with E-state index in [0.29, 0.717) is 79.0 Å². The molecule has 38 heavy (non-hydrogen) atoms.